The van der Waals surface area contributed by atoms with Crippen LogP contribution in [-0.4, -0.2) is 37.7 Å². The molecule has 2 atom stereocenters. The number of aryl methyl sites for hydroxylation is 1. The molecule has 1 aliphatic rings. The summed E-state index contributed by atoms with van der Waals surface area (Å²) in [5, 5.41) is 10.8. The zero-order valence-corrected chi connectivity index (χ0v) is 14.9. The van der Waals surface area contributed by atoms with E-state index in [2.05, 4.69) is 14.9 Å². The summed E-state index contributed by atoms with van der Waals surface area (Å²) in [5.41, 5.74) is 1.93. The van der Waals surface area contributed by atoms with Crippen molar-refractivity contribution in [3.63, 3.8) is 0 Å². The first-order valence-electron chi connectivity index (χ1n) is 9.00. The fraction of sp³-hybridized carbons (Fsp3) is 0.350. The molecule has 1 saturated heterocycles. The Morgan fingerprint density at radius 1 is 1.19 bits per heavy atom. The zero-order valence-electron chi connectivity index (χ0n) is 14.9. The monoisotopic (exact) mass is 349 g/mol. The summed E-state index contributed by atoms with van der Waals surface area (Å²) in [5.74, 6) is 1.72. The molecular weight excluding hydrogens is 326 g/mol. The van der Waals surface area contributed by atoms with Gasteiger partial charge in [0, 0.05) is 44.0 Å². The second-order valence-electron chi connectivity index (χ2n) is 6.82. The number of hydrogen-bond donors (Lipinski definition) is 1. The van der Waals surface area contributed by atoms with E-state index in [1.54, 1.807) is 12.4 Å². The van der Waals surface area contributed by atoms with E-state index < -0.39 is 6.10 Å². The van der Waals surface area contributed by atoms with Crippen LogP contribution in [0.4, 0.5) is 5.82 Å². The third kappa shape index (κ3) is 3.32. The van der Waals surface area contributed by atoms with E-state index in [1.807, 2.05) is 54.3 Å². The summed E-state index contributed by atoms with van der Waals surface area (Å²) >= 11 is 0. The largest absolute Gasteiger partial charge is 0.385 e. The summed E-state index contributed by atoms with van der Waals surface area (Å²) in [6.45, 7) is 1.68. The van der Waals surface area contributed by atoms with E-state index in [9.17, 15) is 5.11 Å². The van der Waals surface area contributed by atoms with Crippen LogP contribution in [0, 0.1) is 5.92 Å². The average molecular weight is 349 g/mol. The number of aliphatic hydroxyl groups is 1. The molecule has 6 nitrogen and oxygen atoms in total. The summed E-state index contributed by atoms with van der Waals surface area (Å²) < 4.78 is 1.89. The fourth-order valence-corrected chi connectivity index (χ4v) is 3.60. The smallest absolute Gasteiger partial charge is 0.147 e. The number of anilines is 1. The molecule has 3 aromatic rings. The molecule has 134 valence electrons. The molecule has 1 fully saturated rings. The molecule has 0 amide bonds. The van der Waals surface area contributed by atoms with E-state index in [0.717, 1.165) is 48.8 Å². The number of imidazole rings is 1. The summed E-state index contributed by atoms with van der Waals surface area (Å²) in [6.07, 6.45) is 8.63. The maximum absolute atomic E-state index is 10.8. The Kier molecular flexibility index (Phi) is 4.67. The number of benzene rings is 1. The Morgan fingerprint density at radius 3 is 2.81 bits per heavy atom. The van der Waals surface area contributed by atoms with Gasteiger partial charge in [-0.2, -0.15) is 0 Å². The van der Waals surface area contributed by atoms with Gasteiger partial charge in [-0.15, -0.1) is 0 Å². The van der Waals surface area contributed by atoms with Gasteiger partial charge in [0.2, 0.25) is 0 Å². The molecule has 1 N–H and O–H groups in total. The molecule has 2 aromatic heterocycles. The van der Waals surface area contributed by atoms with Gasteiger partial charge >= 0.3 is 0 Å². The fourth-order valence-electron chi connectivity index (χ4n) is 3.60. The molecule has 3 heterocycles. The first kappa shape index (κ1) is 16.7. The Balaban J connectivity index is 1.54. The molecule has 0 radical (unpaired) electrons. The van der Waals surface area contributed by atoms with Crippen molar-refractivity contribution in [2.75, 3.05) is 18.0 Å². The van der Waals surface area contributed by atoms with Crippen LogP contribution in [0.5, 0.6) is 0 Å². The topological polar surface area (TPSA) is 67.1 Å². The third-order valence-electron chi connectivity index (χ3n) is 5.04. The summed E-state index contributed by atoms with van der Waals surface area (Å²) in [6, 6.07) is 10.1. The van der Waals surface area contributed by atoms with Crippen molar-refractivity contribution in [3.8, 4) is 11.3 Å². The molecule has 0 spiro atoms. The zero-order chi connectivity index (χ0) is 17.9. The Morgan fingerprint density at radius 2 is 2.04 bits per heavy atom. The number of rotatable bonds is 4. The Hall–Kier alpha value is -2.73. The normalized spacial score (nSPS) is 18.7. The minimum atomic E-state index is -0.567. The first-order valence-corrected chi connectivity index (χ1v) is 9.00. The van der Waals surface area contributed by atoms with Gasteiger partial charge in [0.1, 0.15) is 17.7 Å². The average Bonchev–Trinajstić information content (AvgIpc) is 3.14. The van der Waals surface area contributed by atoms with Gasteiger partial charge in [-0.3, -0.25) is 4.98 Å². The van der Waals surface area contributed by atoms with Crippen molar-refractivity contribution in [2.45, 2.75) is 18.9 Å². The molecule has 0 bridgehead atoms. The van der Waals surface area contributed by atoms with Crippen molar-refractivity contribution in [1.29, 1.82) is 0 Å². The lowest BCUT2D eigenvalue weighted by Gasteiger charge is -2.35. The Bertz CT molecular complexity index is 863. The number of hydrogen-bond acceptors (Lipinski definition) is 5. The molecule has 1 aromatic carbocycles. The van der Waals surface area contributed by atoms with Crippen LogP contribution in [0.1, 0.15) is 24.8 Å². The van der Waals surface area contributed by atoms with E-state index in [4.69, 9.17) is 4.98 Å². The molecule has 0 aliphatic carbocycles. The number of aliphatic hydroxyl groups excluding tert-OH is 1. The highest BCUT2D eigenvalue weighted by atomic mass is 16.3. The van der Waals surface area contributed by atoms with Crippen LogP contribution < -0.4 is 4.90 Å². The van der Waals surface area contributed by atoms with Crippen LogP contribution in [0.25, 0.3) is 11.3 Å². The SMILES string of the molecule is Cn1ccnc1[C@@H](O)[C@H]1CCCN(c2cncc(-c3ccccc3)n2)C1. The van der Waals surface area contributed by atoms with Gasteiger partial charge in [0.15, 0.2) is 0 Å². The van der Waals surface area contributed by atoms with Crippen LogP contribution in [0.15, 0.2) is 55.1 Å². The van der Waals surface area contributed by atoms with Gasteiger partial charge < -0.3 is 14.6 Å². The lowest BCUT2D eigenvalue weighted by Crippen LogP contribution is -2.39. The van der Waals surface area contributed by atoms with E-state index in [0.29, 0.717) is 0 Å². The van der Waals surface area contributed by atoms with Crippen molar-refractivity contribution in [2.24, 2.45) is 13.0 Å². The van der Waals surface area contributed by atoms with Gasteiger partial charge in [-0.25, -0.2) is 9.97 Å². The second kappa shape index (κ2) is 7.25. The van der Waals surface area contributed by atoms with Crippen LogP contribution in [0.3, 0.4) is 0 Å². The lowest BCUT2D eigenvalue weighted by atomic mass is 9.92. The van der Waals surface area contributed by atoms with Gasteiger partial charge in [-0.05, 0) is 12.8 Å². The van der Waals surface area contributed by atoms with Crippen molar-refractivity contribution >= 4 is 5.82 Å². The van der Waals surface area contributed by atoms with Crippen LogP contribution in [-0.2, 0) is 7.05 Å². The number of nitrogens with zero attached hydrogens (tertiary/aromatic N) is 5. The van der Waals surface area contributed by atoms with Crippen molar-refractivity contribution in [1.82, 2.24) is 19.5 Å². The molecule has 0 unspecified atom stereocenters. The first-order chi connectivity index (χ1) is 12.7. The minimum absolute atomic E-state index is 0.132. The van der Waals surface area contributed by atoms with E-state index in [1.165, 1.54) is 0 Å². The molecule has 4 rings (SSSR count). The highest BCUT2D eigenvalue weighted by molar-refractivity contribution is 5.59. The van der Waals surface area contributed by atoms with E-state index >= 15 is 0 Å². The van der Waals surface area contributed by atoms with Gasteiger partial charge in [0.05, 0.1) is 18.1 Å². The quantitative estimate of drug-likeness (QED) is 0.784. The second-order valence-corrected chi connectivity index (χ2v) is 6.82. The van der Waals surface area contributed by atoms with Crippen LogP contribution >= 0.6 is 0 Å². The van der Waals surface area contributed by atoms with Crippen LogP contribution in [0.2, 0.25) is 0 Å². The molecule has 26 heavy (non-hydrogen) atoms. The minimum Gasteiger partial charge on any atom is -0.385 e. The summed E-state index contributed by atoms with van der Waals surface area (Å²) in [7, 11) is 1.92. The lowest BCUT2D eigenvalue weighted by molar-refractivity contribution is 0.0873. The Labute approximate surface area is 153 Å². The maximum Gasteiger partial charge on any atom is 0.147 e. The van der Waals surface area contributed by atoms with E-state index in [-0.39, 0.29) is 5.92 Å². The molecule has 1 aliphatic heterocycles. The maximum atomic E-state index is 10.8. The van der Waals surface area contributed by atoms with Crippen molar-refractivity contribution in [3.05, 3.63) is 60.9 Å². The molecule has 0 saturated carbocycles. The highest BCUT2D eigenvalue weighted by Crippen LogP contribution is 2.31. The standard InChI is InChI=1S/C20H23N5O/c1-24-11-9-22-20(24)19(26)16-8-5-10-25(14-16)18-13-21-12-17(23-18)15-6-3-2-4-7-15/h2-4,6-7,9,11-13,16,19,26H,5,8,10,14H2,1H3/t16-,19-/m0/s1. The third-order valence-corrected chi connectivity index (χ3v) is 5.04. The predicted molar refractivity (Wildman–Crippen MR) is 101 cm³/mol. The predicted octanol–water partition coefficient (Wildman–Crippen LogP) is 2.83. The van der Waals surface area contributed by atoms with Crippen molar-refractivity contribution < 1.29 is 5.11 Å². The molecular formula is C20H23N5O. The highest BCUT2D eigenvalue weighted by Gasteiger charge is 2.29. The number of piperidine rings is 1. The van der Waals surface area contributed by atoms with Gasteiger partial charge in [-0.1, -0.05) is 30.3 Å². The summed E-state index contributed by atoms with van der Waals surface area (Å²) in [4.78, 5) is 15.7. The number of aromatic nitrogens is 4. The molecule has 6 heteroatoms. The van der Waals surface area contributed by atoms with Gasteiger partial charge in [0.25, 0.3) is 0 Å².